The van der Waals surface area contributed by atoms with Crippen molar-refractivity contribution >= 4 is 11.6 Å². The van der Waals surface area contributed by atoms with Gasteiger partial charge in [0.15, 0.2) is 5.82 Å². The van der Waals surface area contributed by atoms with E-state index in [2.05, 4.69) is 52.7 Å². The first kappa shape index (κ1) is 18.6. The summed E-state index contributed by atoms with van der Waals surface area (Å²) in [4.78, 5) is 22.1. The summed E-state index contributed by atoms with van der Waals surface area (Å²) < 4.78 is 15.5. The van der Waals surface area contributed by atoms with E-state index in [9.17, 15) is 9.18 Å². The number of anilines is 1. The largest absolute Gasteiger partial charge is 0.355 e. The van der Waals surface area contributed by atoms with E-state index in [1.165, 1.54) is 5.69 Å². The molecule has 1 aliphatic carbocycles. The summed E-state index contributed by atoms with van der Waals surface area (Å²) in [5.41, 5.74) is 2.10. The van der Waals surface area contributed by atoms with Crippen LogP contribution in [0.5, 0.6) is 0 Å². The number of alkyl halides is 1. The minimum absolute atomic E-state index is 0.131. The van der Waals surface area contributed by atoms with E-state index < -0.39 is 6.17 Å². The van der Waals surface area contributed by atoms with Crippen molar-refractivity contribution in [1.29, 1.82) is 0 Å². The molecule has 5 rings (SSSR count). The molecule has 0 bridgehead atoms. The van der Waals surface area contributed by atoms with Gasteiger partial charge >= 0.3 is 0 Å². The van der Waals surface area contributed by atoms with Crippen LogP contribution in [0, 0.1) is 11.8 Å². The first-order valence-corrected chi connectivity index (χ1v) is 10.8. The van der Waals surface area contributed by atoms with Gasteiger partial charge in [0.1, 0.15) is 11.7 Å². The molecule has 1 atom stereocenters. The first-order valence-electron chi connectivity index (χ1n) is 10.8. The molecule has 3 aliphatic rings. The van der Waals surface area contributed by atoms with Crippen molar-refractivity contribution in [2.75, 3.05) is 24.5 Å². The third-order valence-electron chi connectivity index (χ3n) is 6.95. The van der Waals surface area contributed by atoms with E-state index in [1.807, 2.05) is 17.2 Å². The van der Waals surface area contributed by atoms with Gasteiger partial charge < -0.3 is 14.4 Å². The van der Waals surface area contributed by atoms with Crippen molar-refractivity contribution < 1.29 is 9.18 Å². The van der Waals surface area contributed by atoms with Gasteiger partial charge in [-0.05, 0) is 55.9 Å². The number of amides is 1. The highest BCUT2D eigenvalue weighted by Gasteiger charge is 2.52. The van der Waals surface area contributed by atoms with Gasteiger partial charge in [-0.2, -0.15) is 0 Å². The Kier molecular flexibility index (Phi) is 4.41. The highest BCUT2D eigenvalue weighted by Crippen LogP contribution is 2.48. The number of nitrogens with zero attached hydrogens (tertiary/aromatic N) is 4. The van der Waals surface area contributed by atoms with Crippen LogP contribution in [-0.2, 0) is 10.3 Å². The van der Waals surface area contributed by atoms with Gasteiger partial charge in [0.25, 0.3) is 0 Å². The highest BCUT2D eigenvalue weighted by atomic mass is 19.1. The topological polar surface area (TPSA) is 41.4 Å². The predicted octanol–water partition coefficient (Wildman–Crippen LogP) is 3.91. The van der Waals surface area contributed by atoms with Gasteiger partial charge in [0.05, 0.1) is 11.4 Å². The van der Waals surface area contributed by atoms with Gasteiger partial charge in [-0.1, -0.05) is 13.8 Å². The average Bonchev–Trinajstić information content (AvgIpc) is 3.33. The molecule has 0 aromatic carbocycles. The first-order chi connectivity index (χ1) is 14.0. The molecule has 6 heteroatoms. The summed E-state index contributed by atoms with van der Waals surface area (Å²) in [6.07, 6.45) is 5.87. The van der Waals surface area contributed by atoms with E-state index >= 15 is 0 Å². The highest BCUT2D eigenvalue weighted by molar-refractivity contribution is 5.81. The second-order valence-electron chi connectivity index (χ2n) is 9.25. The lowest BCUT2D eigenvalue weighted by Crippen LogP contribution is -2.54. The molecular formula is C23H29FN4O. The van der Waals surface area contributed by atoms with Crippen LogP contribution in [0.15, 0.2) is 36.7 Å². The molecule has 1 saturated heterocycles. The number of carbonyl (C=O) groups excluding carboxylic acids is 1. The van der Waals surface area contributed by atoms with Crippen molar-refractivity contribution in [3.63, 3.8) is 0 Å². The molecule has 2 aliphatic heterocycles. The molecule has 1 spiro atoms. The lowest BCUT2D eigenvalue weighted by Gasteiger charge is -2.47. The molecule has 5 nitrogen and oxygen atoms in total. The van der Waals surface area contributed by atoms with Crippen LogP contribution in [-0.4, -0.2) is 46.2 Å². The Morgan fingerprint density at radius 3 is 2.90 bits per heavy atom. The van der Waals surface area contributed by atoms with Crippen LogP contribution in [0.3, 0.4) is 0 Å². The number of hydrogen-bond donors (Lipinski definition) is 0. The Bertz CT molecular complexity index is 919. The van der Waals surface area contributed by atoms with Crippen molar-refractivity contribution in [3.05, 3.63) is 42.4 Å². The molecule has 2 aromatic heterocycles. The van der Waals surface area contributed by atoms with Crippen LogP contribution in [0.2, 0.25) is 0 Å². The summed E-state index contributed by atoms with van der Waals surface area (Å²) in [7, 11) is 0. The summed E-state index contributed by atoms with van der Waals surface area (Å²) in [6, 6.07) is 8.40. The zero-order valence-electron chi connectivity index (χ0n) is 17.2. The second-order valence-corrected chi connectivity index (χ2v) is 9.25. The fourth-order valence-corrected chi connectivity index (χ4v) is 5.24. The third-order valence-corrected chi connectivity index (χ3v) is 6.95. The predicted molar refractivity (Wildman–Crippen MR) is 111 cm³/mol. The normalized spacial score (nSPS) is 27.9. The fourth-order valence-electron chi connectivity index (χ4n) is 5.24. The SMILES string of the molecule is CC(C)CCN1c2cccnc2-n2cccc2[C@]12CCN(C(=O)C1CC(F)C1)C2. The maximum Gasteiger partial charge on any atom is 0.225 e. The Hall–Kier alpha value is -2.37. The second kappa shape index (κ2) is 6.85. The van der Waals surface area contributed by atoms with Crippen LogP contribution >= 0.6 is 0 Å². The summed E-state index contributed by atoms with van der Waals surface area (Å²) >= 11 is 0. The number of aromatic nitrogens is 2. The maximum absolute atomic E-state index is 13.3. The van der Waals surface area contributed by atoms with Crippen LogP contribution in [0.1, 0.15) is 45.2 Å². The minimum atomic E-state index is -0.798. The molecule has 29 heavy (non-hydrogen) atoms. The Labute approximate surface area is 171 Å². The molecule has 1 amide bonds. The maximum atomic E-state index is 13.3. The number of hydrogen-bond acceptors (Lipinski definition) is 3. The molecule has 0 unspecified atom stereocenters. The molecule has 1 saturated carbocycles. The van der Waals surface area contributed by atoms with Gasteiger partial charge in [-0.25, -0.2) is 9.37 Å². The van der Waals surface area contributed by atoms with E-state index in [0.29, 0.717) is 25.3 Å². The Balaban J connectivity index is 1.52. The van der Waals surface area contributed by atoms with Gasteiger partial charge in [-0.3, -0.25) is 4.79 Å². The Morgan fingerprint density at radius 2 is 2.14 bits per heavy atom. The van der Waals surface area contributed by atoms with Crippen molar-refractivity contribution in [2.45, 2.75) is 51.2 Å². The van der Waals surface area contributed by atoms with Crippen LogP contribution in [0.25, 0.3) is 5.82 Å². The number of rotatable bonds is 4. The fraction of sp³-hybridized carbons (Fsp3) is 0.565. The summed E-state index contributed by atoms with van der Waals surface area (Å²) in [5, 5.41) is 0. The van der Waals surface area contributed by atoms with Crippen LogP contribution in [0.4, 0.5) is 10.1 Å². The van der Waals surface area contributed by atoms with Gasteiger partial charge in [-0.15, -0.1) is 0 Å². The molecule has 154 valence electrons. The van der Waals surface area contributed by atoms with Crippen LogP contribution < -0.4 is 4.90 Å². The zero-order chi connectivity index (χ0) is 20.2. The monoisotopic (exact) mass is 396 g/mol. The number of carbonyl (C=O) groups is 1. The van der Waals surface area contributed by atoms with Gasteiger partial charge in [0.2, 0.25) is 5.91 Å². The lowest BCUT2D eigenvalue weighted by atomic mass is 9.82. The molecular weight excluding hydrogens is 367 g/mol. The average molecular weight is 397 g/mol. The lowest BCUT2D eigenvalue weighted by molar-refractivity contribution is -0.139. The quantitative estimate of drug-likeness (QED) is 0.787. The molecule has 2 aromatic rings. The smallest absolute Gasteiger partial charge is 0.225 e. The van der Waals surface area contributed by atoms with Crippen molar-refractivity contribution in [2.24, 2.45) is 11.8 Å². The van der Waals surface area contributed by atoms with Gasteiger partial charge in [0, 0.05) is 37.9 Å². The molecule has 0 N–H and O–H groups in total. The van der Waals surface area contributed by atoms with Crippen molar-refractivity contribution in [1.82, 2.24) is 14.5 Å². The number of pyridine rings is 1. The standard InChI is InChI=1S/C23H29FN4O/c1-16(2)7-11-28-19-5-3-9-25-21(19)27-10-4-6-20(27)23(28)8-12-26(15-23)22(29)17-13-18(24)14-17/h3-6,9-10,16-18H,7-8,11-15H2,1-2H3/t17?,18?,23-/m1/s1. The van der Waals surface area contributed by atoms with E-state index in [0.717, 1.165) is 37.4 Å². The number of halogens is 1. The molecule has 4 heterocycles. The zero-order valence-corrected chi connectivity index (χ0v) is 17.2. The summed E-state index contributed by atoms with van der Waals surface area (Å²) in [5.74, 6) is 1.56. The minimum Gasteiger partial charge on any atom is -0.355 e. The summed E-state index contributed by atoms with van der Waals surface area (Å²) in [6.45, 7) is 6.82. The number of fused-ring (bicyclic) bond motifs is 4. The molecule has 2 fully saturated rings. The van der Waals surface area contributed by atoms with E-state index in [-0.39, 0.29) is 17.4 Å². The number of likely N-dealkylation sites (tertiary alicyclic amines) is 1. The van der Waals surface area contributed by atoms with Crippen molar-refractivity contribution in [3.8, 4) is 5.82 Å². The Morgan fingerprint density at radius 1 is 1.31 bits per heavy atom. The van der Waals surface area contributed by atoms with E-state index in [1.54, 1.807) is 0 Å². The van der Waals surface area contributed by atoms with E-state index in [4.69, 9.17) is 0 Å². The third kappa shape index (κ3) is 2.87. The molecule has 0 radical (unpaired) electrons.